The number of aromatic nitrogens is 1. The van der Waals surface area contributed by atoms with Crippen LogP contribution in [0.15, 0.2) is 24.5 Å². The lowest BCUT2D eigenvalue weighted by molar-refractivity contribution is -0.697. The van der Waals surface area contributed by atoms with Crippen LogP contribution in [0.3, 0.4) is 0 Å². The average Bonchev–Trinajstić information content (AvgIpc) is 2.79. The zero-order valence-corrected chi connectivity index (χ0v) is 21.5. The molecule has 180 valence electrons. The van der Waals surface area contributed by atoms with Crippen molar-refractivity contribution < 1.29 is 4.57 Å². The summed E-state index contributed by atoms with van der Waals surface area (Å²) in [7, 11) is 0. The van der Waals surface area contributed by atoms with Gasteiger partial charge in [0.05, 0.1) is 0 Å². The van der Waals surface area contributed by atoms with Gasteiger partial charge >= 0.3 is 0 Å². The molecule has 0 aliphatic carbocycles. The molecule has 1 rings (SSSR count). The molecule has 0 N–H and O–H groups in total. The van der Waals surface area contributed by atoms with Crippen molar-refractivity contribution in [1.29, 1.82) is 0 Å². The number of pyridine rings is 1. The molecular formula is C30H56N+. The standard InChI is InChI=1S/C30H56N/c1-3-5-7-9-11-13-14-15-16-18-20-22-24-30-25-28-31(29-26-30)27-23-21-19-17-12-10-8-6-4-2/h25-26,28-29H,3-24,27H2,1-2H3/q+1. The smallest absolute Gasteiger partial charge is 0.169 e. The van der Waals surface area contributed by atoms with Gasteiger partial charge in [-0.05, 0) is 24.8 Å². The molecule has 1 heterocycles. The zero-order chi connectivity index (χ0) is 22.2. The Morgan fingerprint density at radius 2 is 0.806 bits per heavy atom. The number of unbranched alkanes of at least 4 members (excludes halogenated alkanes) is 19. The van der Waals surface area contributed by atoms with Gasteiger partial charge in [-0.1, -0.05) is 129 Å². The minimum atomic E-state index is 1.19. The third-order valence-electron chi connectivity index (χ3n) is 6.80. The Kier molecular flexibility index (Phi) is 20.3. The van der Waals surface area contributed by atoms with E-state index in [0.29, 0.717) is 0 Å². The van der Waals surface area contributed by atoms with Gasteiger partial charge in [-0.3, -0.25) is 0 Å². The van der Waals surface area contributed by atoms with Crippen molar-refractivity contribution in [2.24, 2.45) is 0 Å². The fourth-order valence-corrected chi connectivity index (χ4v) is 4.58. The van der Waals surface area contributed by atoms with E-state index in [1.165, 1.54) is 153 Å². The monoisotopic (exact) mass is 430 g/mol. The molecule has 0 bridgehead atoms. The van der Waals surface area contributed by atoms with E-state index in [1.807, 2.05) is 0 Å². The van der Waals surface area contributed by atoms with Gasteiger partial charge in [-0.15, -0.1) is 0 Å². The Labute approximate surface area is 196 Å². The lowest BCUT2D eigenvalue weighted by Gasteiger charge is -2.04. The molecule has 0 atom stereocenters. The fraction of sp³-hybridized carbons (Fsp3) is 0.833. The first-order valence-corrected chi connectivity index (χ1v) is 14.3. The SMILES string of the molecule is CCCCCCCCCCCCCCc1cc[n+](CCCCCCCCCCC)cc1. The van der Waals surface area contributed by atoms with E-state index in [1.54, 1.807) is 0 Å². The van der Waals surface area contributed by atoms with Crippen LogP contribution in [0.1, 0.15) is 154 Å². The van der Waals surface area contributed by atoms with Crippen LogP contribution in [0.2, 0.25) is 0 Å². The minimum absolute atomic E-state index is 1.19. The second-order valence-corrected chi connectivity index (χ2v) is 9.91. The summed E-state index contributed by atoms with van der Waals surface area (Å²) < 4.78 is 2.38. The maximum atomic E-state index is 2.38. The second-order valence-electron chi connectivity index (χ2n) is 9.91. The lowest BCUT2D eigenvalue weighted by Crippen LogP contribution is -2.32. The van der Waals surface area contributed by atoms with Gasteiger partial charge in [0.15, 0.2) is 12.4 Å². The third kappa shape index (κ3) is 18.4. The molecule has 0 aromatic carbocycles. The highest BCUT2D eigenvalue weighted by Gasteiger charge is 2.02. The summed E-state index contributed by atoms with van der Waals surface area (Å²) in [5.41, 5.74) is 1.52. The molecule has 1 nitrogen and oxygen atoms in total. The van der Waals surface area contributed by atoms with Gasteiger partial charge in [0, 0.05) is 18.6 Å². The molecule has 0 unspecified atom stereocenters. The quantitative estimate of drug-likeness (QED) is 0.120. The first kappa shape index (κ1) is 28.2. The van der Waals surface area contributed by atoms with Crippen molar-refractivity contribution in [2.45, 2.75) is 162 Å². The Bertz CT molecular complexity index is 464. The maximum absolute atomic E-state index is 2.38. The summed E-state index contributed by atoms with van der Waals surface area (Å²) in [6.07, 6.45) is 35.8. The van der Waals surface area contributed by atoms with E-state index in [4.69, 9.17) is 0 Å². The Morgan fingerprint density at radius 3 is 1.23 bits per heavy atom. The maximum Gasteiger partial charge on any atom is 0.169 e. The normalized spacial score (nSPS) is 11.3. The Balaban J connectivity index is 1.90. The molecule has 0 spiro atoms. The molecule has 0 amide bonds. The zero-order valence-electron chi connectivity index (χ0n) is 21.5. The van der Waals surface area contributed by atoms with E-state index in [-0.39, 0.29) is 0 Å². The van der Waals surface area contributed by atoms with Crippen molar-refractivity contribution in [3.05, 3.63) is 30.1 Å². The van der Waals surface area contributed by atoms with E-state index in [2.05, 4.69) is 42.9 Å². The highest BCUT2D eigenvalue weighted by Crippen LogP contribution is 2.13. The largest absolute Gasteiger partial charge is 0.205 e. The van der Waals surface area contributed by atoms with Crippen molar-refractivity contribution in [2.75, 3.05) is 0 Å². The summed E-state index contributed by atoms with van der Waals surface area (Å²) in [6, 6.07) is 4.71. The second kappa shape index (κ2) is 22.3. The van der Waals surface area contributed by atoms with E-state index in [9.17, 15) is 0 Å². The van der Waals surface area contributed by atoms with E-state index in [0.717, 1.165) is 0 Å². The van der Waals surface area contributed by atoms with Crippen molar-refractivity contribution >= 4 is 0 Å². The molecule has 0 radical (unpaired) electrons. The van der Waals surface area contributed by atoms with Gasteiger partial charge < -0.3 is 0 Å². The van der Waals surface area contributed by atoms with Crippen LogP contribution in [0, 0.1) is 0 Å². The molecule has 1 aromatic heterocycles. The summed E-state index contributed by atoms with van der Waals surface area (Å²) in [5.74, 6) is 0. The summed E-state index contributed by atoms with van der Waals surface area (Å²) in [6.45, 7) is 5.78. The van der Waals surface area contributed by atoms with Crippen molar-refractivity contribution in [1.82, 2.24) is 0 Å². The van der Waals surface area contributed by atoms with Gasteiger partial charge in [0.2, 0.25) is 0 Å². The van der Waals surface area contributed by atoms with Gasteiger partial charge in [-0.25, -0.2) is 4.57 Å². The third-order valence-corrected chi connectivity index (χ3v) is 6.80. The van der Waals surface area contributed by atoms with E-state index < -0.39 is 0 Å². The Hall–Kier alpha value is -0.850. The van der Waals surface area contributed by atoms with Crippen LogP contribution in [0.25, 0.3) is 0 Å². The van der Waals surface area contributed by atoms with Gasteiger partial charge in [0.25, 0.3) is 0 Å². The molecule has 31 heavy (non-hydrogen) atoms. The molecule has 1 aromatic rings. The predicted octanol–water partition coefficient (Wildman–Crippen LogP) is 9.75. The van der Waals surface area contributed by atoms with Crippen LogP contribution in [-0.4, -0.2) is 0 Å². The summed E-state index contributed by atoms with van der Waals surface area (Å²) in [5, 5.41) is 0. The predicted molar refractivity (Wildman–Crippen MR) is 139 cm³/mol. The van der Waals surface area contributed by atoms with Crippen molar-refractivity contribution in [3.63, 3.8) is 0 Å². The Morgan fingerprint density at radius 1 is 0.452 bits per heavy atom. The van der Waals surface area contributed by atoms with Crippen LogP contribution in [0.5, 0.6) is 0 Å². The van der Waals surface area contributed by atoms with Crippen LogP contribution < -0.4 is 4.57 Å². The van der Waals surface area contributed by atoms with Gasteiger partial charge in [0.1, 0.15) is 6.54 Å². The molecule has 0 fully saturated rings. The van der Waals surface area contributed by atoms with Crippen LogP contribution in [-0.2, 0) is 13.0 Å². The fourth-order valence-electron chi connectivity index (χ4n) is 4.58. The van der Waals surface area contributed by atoms with Gasteiger partial charge in [-0.2, -0.15) is 0 Å². The van der Waals surface area contributed by atoms with Crippen molar-refractivity contribution in [3.8, 4) is 0 Å². The number of hydrogen-bond donors (Lipinski definition) is 0. The number of hydrogen-bond acceptors (Lipinski definition) is 0. The number of aryl methyl sites for hydroxylation is 2. The minimum Gasteiger partial charge on any atom is -0.205 e. The van der Waals surface area contributed by atoms with Crippen LogP contribution >= 0.6 is 0 Å². The highest BCUT2D eigenvalue weighted by atomic mass is 14.9. The molecule has 0 saturated heterocycles. The first-order valence-electron chi connectivity index (χ1n) is 14.3. The molecular weight excluding hydrogens is 374 g/mol. The highest BCUT2D eigenvalue weighted by molar-refractivity contribution is 5.07. The van der Waals surface area contributed by atoms with Crippen LogP contribution in [0.4, 0.5) is 0 Å². The molecule has 1 heteroatoms. The topological polar surface area (TPSA) is 3.88 Å². The summed E-state index contributed by atoms with van der Waals surface area (Å²) >= 11 is 0. The van der Waals surface area contributed by atoms with E-state index >= 15 is 0 Å². The lowest BCUT2D eigenvalue weighted by atomic mass is 10.0. The average molecular weight is 431 g/mol. The summed E-state index contributed by atoms with van der Waals surface area (Å²) in [4.78, 5) is 0. The molecule has 0 saturated carbocycles. The molecule has 0 aliphatic rings. The number of rotatable bonds is 23. The molecule has 0 aliphatic heterocycles. The number of nitrogens with zero attached hydrogens (tertiary/aromatic N) is 1. The first-order chi connectivity index (χ1) is 15.4.